The van der Waals surface area contributed by atoms with Gasteiger partial charge in [0.1, 0.15) is 0 Å². The second-order valence-electron chi connectivity index (χ2n) is 7.83. The first-order valence-corrected chi connectivity index (χ1v) is 12.6. The van der Waals surface area contributed by atoms with E-state index in [9.17, 15) is 13.2 Å². The smallest absolute Gasteiger partial charge is 0.264 e. The molecule has 1 N–H and O–H groups in total. The molecule has 0 aromatic heterocycles. The predicted molar refractivity (Wildman–Crippen MR) is 117 cm³/mol. The number of carbonyl (C=O) groups is 1. The number of hydrogen-bond acceptors (Lipinski definition) is 3. The van der Waals surface area contributed by atoms with Crippen LogP contribution in [-0.2, 0) is 14.8 Å². The number of hydrogen-bond donors (Lipinski definition) is 1. The molecule has 1 rings (SSSR count). The van der Waals surface area contributed by atoms with Crippen LogP contribution in [-0.4, -0.2) is 14.3 Å². The molecule has 0 aliphatic rings. The van der Waals surface area contributed by atoms with Gasteiger partial charge in [-0.05, 0) is 25.5 Å². The minimum Gasteiger partial charge on any atom is -0.274 e. The van der Waals surface area contributed by atoms with E-state index in [0.29, 0.717) is 0 Å². The SMILES string of the molecule is CCCCCCCCCCCCCCCC(=O)NS(=O)(=O)c1ccc(C)cc1. The fourth-order valence-corrected chi connectivity index (χ4v) is 4.29. The lowest BCUT2D eigenvalue weighted by Gasteiger charge is -2.07. The average Bonchev–Trinajstić information content (AvgIpc) is 2.65. The number of sulfonamides is 1. The van der Waals surface area contributed by atoms with Crippen molar-refractivity contribution in [2.75, 3.05) is 0 Å². The fourth-order valence-electron chi connectivity index (χ4n) is 3.28. The Balaban J connectivity index is 2.01. The molecule has 28 heavy (non-hydrogen) atoms. The molecular formula is C23H39NO3S. The van der Waals surface area contributed by atoms with Crippen LogP contribution in [0, 0.1) is 6.92 Å². The normalized spacial score (nSPS) is 11.5. The number of unbranched alkanes of at least 4 members (excludes halogenated alkanes) is 12. The second kappa shape index (κ2) is 14.6. The quantitative estimate of drug-likeness (QED) is 0.327. The summed E-state index contributed by atoms with van der Waals surface area (Å²) in [7, 11) is -3.74. The van der Waals surface area contributed by atoms with Gasteiger partial charge in [0, 0.05) is 6.42 Å². The van der Waals surface area contributed by atoms with Crippen LogP contribution >= 0.6 is 0 Å². The molecule has 4 nitrogen and oxygen atoms in total. The maximum Gasteiger partial charge on any atom is 0.264 e. The minimum absolute atomic E-state index is 0.136. The van der Waals surface area contributed by atoms with Crippen molar-refractivity contribution in [3.8, 4) is 0 Å². The zero-order valence-corrected chi connectivity index (χ0v) is 18.7. The summed E-state index contributed by atoms with van der Waals surface area (Å²) in [6.07, 6.45) is 16.4. The lowest BCUT2D eigenvalue weighted by atomic mass is 10.0. The van der Waals surface area contributed by atoms with Gasteiger partial charge in [0.2, 0.25) is 5.91 Å². The van der Waals surface area contributed by atoms with Gasteiger partial charge < -0.3 is 0 Å². The average molecular weight is 410 g/mol. The molecule has 1 aromatic rings. The molecule has 0 atom stereocenters. The van der Waals surface area contributed by atoms with Crippen molar-refractivity contribution in [3.05, 3.63) is 29.8 Å². The van der Waals surface area contributed by atoms with Gasteiger partial charge in [0.25, 0.3) is 10.0 Å². The topological polar surface area (TPSA) is 63.2 Å². The van der Waals surface area contributed by atoms with Gasteiger partial charge in [0.15, 0.2) is 0 Å². The lowest BCUT2D eigenvalue weighted by Crippen LogP contribution is -2.30. The molecule has 0 spiro atoms. The monoisotopic (exact) mass is 409 g/mol. The molecule has 0 aliphatic heterocycles. The lowest BCUT2D eigenvalue weighted by molar-refractivity contribution is -0.119. The maximum atomic E-state index is 12.2. The molecule has 0 bridgehead atoms. The van der Waals surface area contributed by atoms with E-state index in [-0.39, 0.29) is 11.3 Å². The summed E-state index contributed by atoms with van der Waals surface area (Å²) in [6, 6.07) is 6.50. The van der Waals surface area contributed by atoms with E-state index in [1.807, 2.05) is 6.92 Å². The van der Waals surface area contributed by atoms with Crippen molar-refractivity contribution in [3.63, 3.8) is 0 Å². The van der Waals surface area contributed by atoms with Crippen molar-refractivity contribution in [2.45, 2.75) is 109 Å². The highest BCUT2D eigenvalue weighted by Gasteiger charge is 2.16. The van der Waals surface area contributed by atoms with Gasteiger partial charge in [-0.3, -0.25) is 4.79 Å². The van der Waals surface area contributed by atoms with Crippen LogP contribution in [0.15, 0.2) is 29.2 Å². The molecule has 0 fully saturated rings. The Labute approximate surface area is 172 Å². The van der Waals surface area contributed by atoms with Crippen LogP contribution in [0.3, 0.4) is 0 Å². The Morgan fingerprint density at radius 1 is 0.750 bits per heavy atom. The summed E-state index contributed by atoms with van der Waals surface area (Å²) >= 11 is 0. The molecular weight excluding hydrogens is 370 g/mol. The Kier molecular flexibility index (Phi) is 12.9. The highest BCUT2D eigenvalue weighted by atomic mass is 32.2. The largest absolute Gasteiger partial charge is 0.274 e. The van der Waals surface area contributed by atoms with Crippen LogP contribution in [0.2, 0.25) is 0 Å². The van der Waals surface area contributed by atoms with Crippen LogP contribution in [0.1, 0.15) is 102 Å². The summed E-state index contributed by atoms with van der Waals surface area (Å²) in [5, 5.41) is 0. The predicted octanol–water partition coefficient (Wildman–Crippen LogP) is 6.28. The van der Waals surface area contributed by atoms with Crippen molar-refractivity contribution < 1.29 is 13.2 Å². The molecule has 0 saturated carbocycles. The summed E-state index contributed by atoms with van der Waals surface area (Å²) in [5.41, 5.74) is 0.984. The fraction of sp³-hybridized carbons (Fsp3) is 0.696. The standard InChI is InChI=1S/C23H39NO3S/c1-3-4-5-6-7-8-9-10-11-12-13-14-15-16-23(25)24-28(26,27)22-19-17-21(2)18-20-22/h17-20H,3-16H2,1-2H3,(H,24,25). The van der Waals surface area contributed by atoms with Gasteiger partial charge in [-0.2, -0.15) is 0 Å². The van der Waals surface area contributed by atoms with Crippen LogP contribution in [0.25, 0.3) is 0 Å². The number of nitrogens with one attached hydrogen (secondary N) is 1. The van der Waals surface area contributed by atoms with Gasteiger partial charge in [0.05, 0.1) is 4.90 Å². The first-order valence-electron chi connectivity index (χ1n) is 11.1. The molecule has 0 aliphatic carbocycles. The Hall–Kier alpha value is -1.36. The van der Waals surface area contributed by atoms with Gasteiger partial charge in [-0.25, -0.2) is 13.1 Å². The van der Waals surface area contributed by atoms with Crippen molar-refractivity contribution >= 4 is 15.9 Å². The molecule has 0 radical (unpaired) electrons. The first kappa shape index (κ1) is 24.7. The Morgan fingerprint density at radius 3 is 1.64 bits per heavy atom. The molecule has 5 heteroatoms. The highest BCUT2D eigenvalue weighted by Crippen LogP contribution is 2.14. The highest BCUT2D eigenvalue weighted by molar-refractivity contribution is 7.90. The third kappa shape index (κ3) is 11.5. The number of benzene rings is 1. The van der Waals surface area contributed by atoms with Crippen LogP contribution < -0.4 is 4.72 Å². The van der Waals surface area contributed by atoms with E-state index in [0.717, 1.165) is 24.8 Å². The Bertz CT molecular complexity index is 638. The first-order chi connectivity index (χ1) is 13.5. The Morgan fingerprint density at radius 2 is 1.18 bits per heavy atom. The van der Waals surface area contributed by atoms with E-state index in [1.165, 1.54) is 76.3 Å². The van der Waals surface area contributed by atoms with Gasteiger partial charge in [-0.15, -0.1) is 0 Å². The number of amides is 1. The van der Waals surface area contributed by atoms with Crippen molar-refractivity contribution in [1.29, 1.82) is 0 Å². The van der Waals surface area contributed by atoms with E-state index < -0.39 is 15.9 Å². The van der Waals surface area contributed by atoms with Crippen LogP contribution in [0.4, 0.5) is 0 Å². The van der Waals surface area contributed by atoms with E-state index in [1.54, 1.807) is 12.1 Å². The van der Waals surface area contributed by atoms with Crippen molar-refractivity contribution in [2.24, 2.45) is 0 Å². The molecule has 1 aromatic carbocycles. The van der Waals surface area contributed by atoms with E-state index in [4.69, 9.17) is 0 Å². The molecule has 1 amide bonds. The van der Waals surface area contributed by atoms with E-state index in [2.05, 4.69) is 11.6 Å². The summed E-state index contributed by atoms with van der Waals surface area (Å²) in [4.78, 5) is 12.0. The number of aryl methyl sites for hydroxylation is 1. The minimum atomic E-state index is -3.74. The molecule has 0 heterocycles. The van der Waals surface area contributed by atoms with Gasteiger partial charge in [-0.1, -0.05) is 102 Å². The van der Waals surface area contributed by atoms with Crippen LogP contribution in [0.5, 0.6) is 0 Å². The summed E-state index contributed by atoms with van der Waals surface area (Å²) in [6.45, 7) is 4.14. The third-order valence-corrected chi connectivity index (χ3v) is 6.48. The van der Waals surface area contributed by atoms with Gasteiger partial charge >= 0.3 is 0 Å². The third-order valence-electron chi connectivity index (χ3n) is 5.09. The number of carbonyl (C=O) groups excluding carboxylic acids is 1. The van der Waals surface area contributed by atoms with E-state index >= 15 is 0 Å². The number of rotatable bonds is 16. The zero-order chi connectivity index (χ0) is 20.7. The van der Waals surface area contributed by atoms with Crippen molar-refractivity contribution in [1.82, 2.24) is 4.72 Å². The second-order valence-corrected chi connectivity index (χ2v) is 9.52. The molecule has 0 unspecified atom stereocenters. The molecule has 160 valence electrons. The maximum absolute atomic E-state index is 12.2. The molecule has 0 saturated heterocycles. The summed E-state index contributed by atoms with van der Waals surface area (Å²) < 4.78 is 26.5. The summed E-state index contributed by atoms with van der Waals surface area (Å²) in [5.74, 6) is -0.413. The zero-order valence-electron chi connectivity index (χ0n) is 17.8.